The Morgan fingerprint density at radius 1 is 1.54 bits per heavy atom. The summed E-state index contributed by atoms with van der Waals surface area (Å²) in [6, 6.07) is 0. The molecule has 1 rings (SSSR count). The molecule has 1 unspecified atom stereocenters. The van der Waals surface area contributed by atoms with Crippen LogP contribution in [0.4, 0.5) is 0 Å². The molecule has 0 amide bonds. The first-order chi connectivity index (χ1) is 6.29. The van der Waals surface area contributed by atoms with Crippen molar-refractivity contribution in [3.05, 3.63) is 0 Å². The van der Waals surface area contributed by atoms with Gasteiger partial charge in [0.2, 0.25) is 0 Å². The van der Waals surface area contributed by atoms with E-state index in [2.05, 4.69) is 31.0 Å². The lowest BCUT2D eigenvalue weighted by molar-refractivity contribution is 0.0590. The minimum Gasteiger partial charge on any atom is -0.364 e. The van der Waals surface area contributed by atoms with E-state index in [0.29, 0.717) is 18.6 Å². The number of rotatable bonds is 2. The third kappa shape index (κ3) is 4.92. The van der Waals surface area contributed by atoms with Gasteiger partial charge in [-0.3, -0.25) is 0 Å². The SMILES string of the molecule is CC(C)C#CCOC1CCCNC1. The van der Waals surface area contributed by atoms with E-state index in [1.807, 2.05) is 0 Å². The van der Waals surface area contributed by atoms with Crippen LogP contribution in [0.2, 0.25) is 0 Å². The summed E-state index contributed by atoms with van der Waals surface area (Å²) >= 11 is 0. The van der Waals surface area contributed by atoms with Crippen molar-refractivity contribution >= 4 is 0 Å². The summed E-state index contributed by atoms with van der Waals surface area (Å²) in [4.78, 5) is 0. The van der Waals surface area contributed by atoms with Gasteiger partial charge in [-0.05, 0) is 19.4 Å². The van der Waals surface area contributed by atoms with Crippen LogP contribution in [-0.4, -0.2) is 25.8 Å². The van der Waals surface area contributed by atoms with Gasteiger partial charge in [0.25, 0.3) is 0 Å². The molecule has 2 nitrogen and oxygen atoms in total. The van der Waals surface area contributed by atoms with Crippen LogP contribution in [0.3, 0.4) is 0 Å². The minimum atomic E-state index is 0.384. The smallest absolute Gasteiger partial charge is 0.108 e. The maximum absolute atomic E-state index is 5.60. The van der Waals surface area contributed by atoms with Crippen LogP contribution in [0.15, 0.2) is 0 Å². The van der Waals surface area contributed by atoms with Crippen molar-refractivity contribution in [3.63, 3.8) is 0 Å². The summed E-state index contributed by atoms with van der Waals surface area (Å²) in [5.74, 6) is 6.57. The first-order valence-corrected chi connectivity index (χ1v) is 5.09. The fraction of sp³-hybridized carbons (Fsp3) is 0.818. The second kappa shape index (κ2) is 6.01. The van der Waals surface area contributed by atoms with E-state index in [-0.39, 0.29) is 0 Å². The topological polar surface area (TPSA) is 21.3 Å². The molecule has 1 saturated heterocycles. The molecule has 0 bridgehead atoms. The Hall–Kier alpha value is -0.520. The van der Waals surface area contributed by atoms with Crippen molar-refractivity contribution in [2.75, 3.05) is 19.7 Å². The molecule has 0 aromatic carbocycles. The highest BCUT2D eigenvalue weighted by Crippen LogP contribution is 2.04. The minimum absolute atomic E-state index is 0.384. The van der Waals surface area contributed by atoms with Gasteiger partial charge in [-0.2, -0.15) is 0 Å². The van der Waals surface area contributed by atoms with Crippen molar-refractivity contribution in [3.8, 4) is 11.8 Å². The van der Waals surface area contributed by atoms with Crippen LogP contribution in [0.5, 0.6) is 0 Å². The highest BCUT2D eigenvalue weighted by molar-refractivity contribution is 5.01. The molecule has 0 aromatic heterocycles. The molecule has 0 saturated carbocycles. The van der Waals surface area contributed by atoms with Crippen molar-refractivity contribution in [1.29, 1.82) is 0 Å². The van der Waals surface area contributed by atoms with Gasteiger partial charge in [-0.1, -0.05) is 25.7 Å². The molecule has 0 spiro atoms. The first kappa shape index (κ1) is 10.6. The van der Waals surface area contributed by atoms with E-state index in [1.54, 1.807) is 0 Å². The number of hydrogen-bond acceptors (Lipinski definition) is 2. The zero-order valence-corrected chi connectivity index (χ0v) is 8.60. The molecular weight excluding hydrogens is 162 g/mol. The highest BCUT2D eigenvalue weighted by Gasteiger charge is 2.11. The van der Waals surface area contributed by atoms with Gasteiger partial charge < -0.3 is 10.1 Å². The van der Waals surface area contributed by atoms with E-state index in [4.69, 9.17) is 4.74 Å². The van der Waals surface area contributed by atoms with Gasteiger partial charge >= 0.3 is 0 Å². The zero-order chi connectivity index (χ0) is 9.52. The number of piperidine rings is 1. The molecule has 13 heavy (non-hydrogen) atoms. The van der Waals surface area contributed by atoms with Crippen molar-refractivity contribution in [2.24, 2.45) is 5.92 Å². The fourth-order valence-electron chi connectivity index (χ4n) is 1.37. The average molecular weight is 181 g/mol. The van der Waals surface area contributed by atoms with E-state index < -0.39 is 0 Å². The normalized spacial score (nSPS) is 22.5. The molecule has 2 heteroatoms. The molecule has 1 aliphatic heterocycles. The standard InChI is InChI=1S/C11H19NO/c1-10(2)5-4-8-13-11-6-3-7-12-9-11/h10-12H,3,6-9H2,1-2H3. The lowest BCUT2D eigenvalue weighted by Crippen LogP contribution is -2.35. The third-order valence-corrected chi connectivity index (χ3v) is 2.03. The van der Waals surface area contributed by atoms with Gasteiger partial charge in [0, 0.05) is 12.5 Å². The van der Waals surface area contributed by atoms with Crippen LogP contribution >= 0.6 is 0 Å². The maximum atomic E-state index is 5.60. The molecule has 1 fully saturated rings. The van der Waals surface area contributed by atoms with Gasteiger partial charge in [0.15, 0.2) is 0 Å². The van der Waals surface area contributed by atoms with Gasteiger partial charge in [0.05, 0.1) is 6.10 Å². The van der Waals surface area contributed by atoms with E-state index in [9.17, 15) is 0 Å². The lowest BCUT2D eigenvalue weighted by atomic mass is 10.1. The summed E-state index contributed by atoms with van der Waals surface area (Å²) in [5, 5.41) is 3.31. The molecular formula is C11H19NO. The Kier molecular flexibility index (Phi) is 4.88. The predicted octanol–water partition coefficient (Wildman–Crippen LogP) is 1.41. The molecule has 1 heterocycles. The summed E-state index contributed by atoms with van der Waals surface area (Å²) in [6.07, 6.45) is 2.79. The molecule has 0 aromatic rings. The quantitative estimate of drug-likeness (QED) is 0.650. The fourth-order valence-corrected chi connectivity index (χ4v) is 1.37. The third-order valence-electron chi connectivity index (χ3n) is 2.03. The summed E-state index contributed by atoms with van der Waals surface area (Å²) in [6.45, 7) is 6.90. The number of nitrogens with one attached hydrogen (secondary N) is 1. The van der Waals surface area contributed by atoms with Crippen LogP contribution in [-0.2, 0) is 4.74 Å². The molecule has 74 valence electrons. The van der Waals surface area contributed by atoms with Gasteiger partial charge in [-0.15, -0.1) is 0 Å². The van der Waals surface area contributed by atoms with Gasteiger partial charge in [-0.25, -0.2) is 0 Å². The van der Waals surface area contributed by atoms with Crippen LogP contribution < -0.4 is 5.32 Å². The van der Waals surface area contributed by atoms with Gasteiger partial charge in [0.1, 0.15) is 6.61 Å². The maximum Gasteiger partial charge on any atom is 0.108 e. The first-order valence-electron chi connectivity index (χ1n) is 5.09. The van der Waals surface area contributed by atoms with Crippen LogP contribution in [0.25, 0.3) is 0 Å². The van der Waals surface area contributed by atoms with Crippen LogP contribution in [0, 0.1) is 17.8 Å². The number of hydrogen-bond donors (Lipinski definition) is 1. The molecule has 0 radical (unpaired) electrons. The summed E-state index contributed by atoms with van der Waals surface area (Å²) < 4.78 is 5.60. The Bertz CT molecular complexity index is 184. The second-order valence-electron chi connectivity index (χ2n) is 3.76. The highest BCUT2D eigenvalue weighted by atomic mass is 16.5. The zero-order valence-electron chi connectivity index (χ0n) is 8.60. The van der Waals surface area contributed by atoms with Crippen molar-refractivity contribution in [2.45, 2.75) is 32.8 Å². The summed E-state index contributed by atoms with van der Waals surface area (Å²) in [7, 11) is 0. The Balaban J connectivity index is 2.08. The monoisotopic (exact) mass is 181 g/mol. The van der Waals surface area contributed by atoms with Crippen molar-refractivity contribution < 1.29 is 4.74 Å². The largest absolute Gasteiger partial charge is 0.364 e. The molecule has 1 aliphatic rings. The molecule has 1 N–H and O–H groups in total. The Morgan fingerprint density at radius 3 is 3.00 bits per heavy atom. The van der Waals surface area contributed by atoms with E-state index in [0.717, 1.165) is 13.1 Å². The predicted molar refractivity (Wildman–Crippen MR) is 54.5 cm³/mol. The number of ether oxygens (including phenoxy) is 1. The Labute approximate surface area is 81.0 Å². The molecule has 1 atom stereocenters. The lowest BCUT2D eigenvalue weighted by Gasteiger charge is -2.21. The summed E-state index contributed by atoms with van der Waals surface area (Å²) in [5.41, 5.74) is 0. The molecule has 0 aliphatic carbocycles. The second-order valence-corrected chi connectivity index (χ2v) is 3.76. The van der Waals surface area contributed by atoms with Crippen LogP contribution in [0.1, 0.15) is 26.7 Å². The van der Waals surface area contributed by atoms with Crippen molar-refractivity contribution in [1.82, 2.24) is 5.32 Å². The Morgan fingerprint density at radius 2 is 2.38 bits per heavy atom. The average Bonchev–Trinajstić information content (AvgIpc) is 2.14. The van der Waals surface area contributed by atoms with E-state index in [1.165, 1.54) is 12.8 Å². The van der Waals surface area contributed by atoms with E-state index >= 15 is 0 Å².